The lowest BCUT2D eigenvalue weighted by atomic mass is 9.94. The van der Waals surface area contributed by atoms with Crippen LogP contribution in [0, 0.1) is 0 Å². The van der Waals surface area contributed by atoms with Crippen LogP contribution in [0.4, 0.5) is 13.2 Å². The van der Waals surface area contributed by atoms with E-state index < -0.39 is 21.6 Å². The monoisotopic (exact) mass is 501 g/mol. The number of H-pyrrole nitrogens is 1. The second-order valence-electron chi connectivity index (χ2n) is 7.38. The third-order valence-electron chi connectivity index (χ3n) is 5.23. The number of fused-ring (bicyclic) bond motifs is 1. The Balaban J connectivity index is 1.64. The average Bonchev–Trinajstić information content (AvgIpc) is 3.51. The summed E-state index contributed by atoms with van der Waals surface area (Å²) in [5.74, 6) is -0.273. The molecule has 12 heteroatoms. The molecule has 1 N–H and O–H groups in total. The maximum absolute atomic E-state index is 13.4. The predicted molar refractivity (Wildman–Crippen MR) is 121 cm³/mol. The summed E-state index contributed by atoms with van der Waals surface area (Å²) in [7, 11) is -3.67. The van der Waals surface area contributed by atoms with Crippen molar-refractivity contribution in [2.24, 2.45) is 0 Å². The number of hydrogen-bond acceptors (Lipinski definition) is 7. The molecule has 0 atom stereocenters. The zero-order valence-corrected chi connectivity index (χ0v) is 18.7. The Kier molecular flexibility index (Phi) is 5.41. The fraction of sp³-hybridized carbons (Fsp3) is 0.0909. The molecule has 0 radical (unpaired) electrons. The fourth-order valence-electron chi connectivity index (χ4n) is 3.63. The fourth-order valence-corrected chi connectivity index (χ4v) is 5.77. The van der Waals surface area contributed by atoms with Gasteiger partial charge in [-0.3, -0.25) is 10.1 Å². The minimum atomic E-state index is -4.51. The predicted octanol–water partition coefficient (Wildman–Crippen LogP) is 5.14. The van der Waals surface area contributed by atoms with Crippen molar-refractivity contribution in [3.8, 4) is 22.4 Å². The van der Waals surface area contributed by atoms with Crippen LogP contribution in [0.3, 0.4) is 0 Å². The van der Waals surface area contributed by atoms with E-state index in [9.17, 15) is 21.6 Å². The van der Waals surface area contributed by atoms with Crippen molar-refractivity contribution in [1.29, 1.82) is 0 Å². The Morgan fingerprint density at radius 1 is 1.00 bits per heavy atom. The van der Waals surface area contributed by atoms with Crippen LogP contribution < -0.4 is 0 Å². The molecule has 172 valence electrons. The Morgan fingerprint density at radius 2 is 1.85 bits per heavy atom. The summed E-state index contributed by atoms with van der Waals surface area (Å²) >= 11 is 1.01. The number of halogens is 3. The first-order valence-corrected chi connectivity index (χ1v) is 12.2. The van der Waals surface area contributed by atoms with Crippen LogP contribution in [-0.4, -0.2) is 33.0 Å². The van der Waals surface area contributed by atoms with E-state index in [1.165, 1.54) is 43.1 Å². The van der Waals surface area contributed by atoms with Gasteiger partial charge in [-0.05, 0) is 52.8 Å². The van der Waals surface area contributed by atoms with Crippen molar-refractivity contribution >= 4 is 32.1 Å². The van der Waals surface area contributed by atoms with Gasteiger partial charge in [0.2, 0.25) is 0 Å². The summed E-state index contributed by atoms with van der Waals surface area (Å²) in [5.41, 5.74) is 0.866. The molecule has 3 aromatic heterocycles. The minimum absolute atomic E-state index is 0.106. The van der Waals surface area contributed by atoms with Gasteiger partial charge in [0, 0.05) is 28.9 Å². The van der Waals surface area contributed by atoms with Crippen molar-refractivity contribution in [3.63, 3.8) is 0 Å². The van der Waals surface area contributed by atoms with Gasteiger partial charge < -0.3 is 0 Å². The second kappa shape index (κ2) is 8.29. The Labute approximate surface area is 195 Å². The van der Waals surface area contributed by atoms with Gasteiger partial charge in [-0.25, -0.2) is 13.4 Å². The van der Waals surface area contributed by atoms with E-state index in [2.05, 4.69) is 24.5 Å². The van der Waals surface area contributed by atoms with Gasteiger partial charge in [-0.1, -0.05) is 12.1 Å². The topological polar surface area (TPSA) is 101 Å². The van der Waals surface area contributed by atoms with E-state index in [-0.39, 0.29) is 10.6 Å². The molecule has 5 aromatic rings. The van der Waals surface area contributed by atoms with Gasteiger partial charge in [-0.15, -0.1) is 0 Å². The molecule has 2 aromatic carbocycles. The third kappa shape index (κ3) is 4.17. The number of aromatic amines is 1. The maximum atomic E-state index is 13.4. The van der Waals surface area contributed by atoms with Crippen molar-refractivity contribution in [2.75, 3.05) is 0 Å². The van der Waals surface area contributed by atoms with Gasteiger partial charge in [0.25, 0.3) is 0 Å². The molecule has 7 nitrogen and oxygen atoms in total. The van der Waals surface area contributed by atoms with Crippen LogP contribution in [0.2, 0.25) is 0 Å². The summed E-state index contributed by atoms with van der Waals surface area (Å²) in [6.45, 7) is 0. The van der Waals surface area contributed by atoms with Crippen LogP contribution in [0.25, 0.3) is 33.2 Å². The first-order chi connectivity index (χ1) is 16.2. The highest BCUT2D eigenvalue weighted by atomic mass is 32.2. The van der Waals surface area contributed by atoms with Gasteiger partial charge in [0.15, 0.2) is 9.84 Å². The largest absolute Gasteiger partial charge is 0.416 e. The Morgan fingerprint density at radius 3 is 2.56 bits per heavy atom. The number of benzene rings is 2. The smallest absolute Gasteiger partial charge is 0.285 e. The molecule has 0 aliphatic carbocycles. The van der Waals surface area contributed by atoms with Crippen LogP contribution >= 0.6 is 11.5 Å². The second-order valence-corrected chi connectivity index (χ2v) is 10.2. The SMILES string of the molecule is O=S(=O)(Cc1ncns1)c1ccc2c(-c3ccc(C(F)(F)F)cc3-c3cn[nH]c3)nccc2c1. The molecule has 0 saturated heterocycles. The number of rotatable bonds is 5. The van der Waals surface area contributed by atoms with Crippen LogP contribution in [0.5, 0.6) is 0 Å². The molecule has 3 heterocycles. The quantitative estimate of drug-likeness (QED) is 0.358. The van der Waals surface area contributed by atoms with Crippen LogP contribution in [0.15, 0.2) is 72.3 Å². The normalized spacial score (nSPS) is 12.3. The summed E-state index contributed by atoms with van der Waals surface area (Å²) < 4.78 is 69.7. The van der Waals surface area contributed by atoms with Crippen LogP contribution in [0.1, 0.15) is 10.6 Å². The van der Waals surface area contributed by atoms with E-state index in [1.807, 2.05) is 0 Å². The molecular weight excluding hydrogens is 487 g/mol. The first kappa shape index (κ1) is 22.2. The first-order valence-electron chi connectivity index (χ1n) is 9.80. The van der Waals surface area contributed by atoms with Crippen molar-refractivity contribution in [3.05, 3.63) is 78.0 Å². The lowest BCUT2D eigenvalue weighted by molar-refractivity contribution is -0.137. The number of alkyl halides is 3. The summed E-state index contributed by atoms with van der Waals surface area (Å²) in [6.07, 6.45) is 1.22. The molecule has 0 unspecified atom stereocenters. The van der Waals surface area contributed by atoms with E-state index in [1.54, 1.807) is 12.1 Å². The zero-order valence-electron chi connectivity index (χ0n) is 17.1. The number of nitrogens with one attached hydrogen (secondary N) is 1. The summed E-state index contributed by atoms with van der Waals surface area (Å²) in [4.78, 5) is 8.45. The van der Waals surface area contributed by atoms with Crippen molar-refractivity contribution < 1.29 is 21.6 Å². The molecule has 34 heavy (non-hydrogen) atoms. The number of aromatic nitrogens is 5. The molecule has 0 amide bonds. The molecular formula is C22H14F3N5O2S2. The van der Waals surface area contributed by atoms with E-state index >= 15 is 0 Å². The van der Waals surface area contributed by atoms with Gasteiger partial charge in [0.05, 0.1) is 22.3 Å². The lowest BCUT2D eigenvalue weighted by Crippen LogP contribution is -2.05. The van der Waals surface area contributed by atoms with E-state index in [0.717, 1.165) is 23.7 Å². The van der Waals surface area contributed by atoms with Crippen LogP contribution in [-0.2, 0) is 21.8 Å². The molecule has 0 aliphatic heterocycles. The summed E-state index contributed by atoms with van der Waals surface area (Å²) in [5, 5.41) is 8.04. The molecule has 0 fully saturated rings. The van der Waals surface area contributed by atoms with Gasteiger partial charge in [0.1, 0.15) is 17.1 Å². The number of hydrogen-bond donors (Lipinski definition) is 1. The van der Waals surface area contributed by atoms with E-state index in [0.29, 0.717) is 38.2 Å². The van der Waals surface area contributed by atoms with Gasteiger partial charge >= 0.3 is 6.18 Å². The van der Waals surface area contributed by atoms with Crippen molar-refractivity contribution in [2.45, 2.75) is 16.8 Å². The third-order valence-corrected chi connectivity index (χ3v) is 7.70. The number of pyridine rings is 1. The van der Waals surface area contributed by atoms with Gasteiger partial charge in [-0.2, -0.15) is 22.6 Å². The highest BCUT2D eigenvalue weighted by molar-refractivity contribution is 7.90. The summed E-state index contributed by atoms with van der Waals surface area (Å²) in [6, 6.07) is 9.69. The highest BCUT2D eigenvalue weighted by Crippen LogP contribution is 2.39. The lowest BCUT2D eigenvalue weighted by Gasteiger charge is -2.14. The Bertz CT molecular complexity index is 1580. The number of nitrogens with zero attached hydrogens (tertiary/aromatic N) is 4. The zero-order chi connectivity index (χ0) is 23.9. The standard InChI is InChI=1S/C22H14F3N5O2S2/c23-22(24,25)15-1-3-18(19(8-15)14-9-28-29-10-14)21-17-4-2-16(7-13(17)5-6-26-21)34(31,32)11-20-27-12-30-33-20/h1-10,12H,11H2,(H,28,29). The Hall–Kier alpha value is -3.64. The maximum Gasteiger partial charge on any atom is 0.416 e. The molecule has 5 rings (SSSR count). The number of sulfone groups is 1. The molecule has 0 saturated carbocycles. The molecule has 0 bridgehead atoms. The molecule has 0 aliphatic rings. The van der Waals surface area contributed by atoms with E-state index in [4.69, 9.17) is 0 Å². The highest BCUT2D eigenvalue weighted by Gasteiger charge is 2.31. The molecule has 0 spiro atoms. The minimum Gasteiger partial charge on any atom is -0.285 e. The average molecular weight is 502 g/mol. The van der Waals surface area contributed by atoms with Crippen molar-refractivity contribution in [1.82, 2.24) is 24.5 Å².